The summed E-state index contributed by atoms with van der Waals surface area (Å²) in [7, 11) is 0. The van der Waals surface area contributed by atoms with Crippen LogP contribution in [0.2, 0.25) is 0 Å². The molecule has 1 atom stereocenters. The van der Waals surface area contributed by atoms with Crippen LogP contribution in [0.1, 0.15) is 30.4 Å². The zero-order valence-electron chi connectivity index (χ0n) is 12.2. The standard InChI is InChI=1S/C16H24N2O.ClH/c1-13-3-2-4-14(11-13)8-10-18-16(19)6-5-15-7-9-17-12-15;/h2-4,11,15,17H,5-10,12H2,1H3,(H,18,19);1H. The molecule has 1 heterocycles. The Bertz CT molecular complexity index is 417. The molecule has 0 bridgehead atoms. The average molecular weight is 297 g/mol. The van der Waals surface area contributed by atoms with Crippen LogP contribution in [0.5, 0.6) is 0 Å². The van der Waals surface area contributed by atoms with Gasteiger partial charge in [-0.25, -0.2) is 0 Å². The minimum absolute atomic E-state index is 0. The van der Waals surface area contributed by atoms with Gasteiger partial charge in [0.25, 0.3) is 0 Å². The average Bonchev–Trinajstić information content (AvgIpc) is 2.89. The van der Waals surface area contributed by atoms with Crippen LogP contribution < -0.4 is 10.6 Å². The van der Waals surface area contributed by atoms with Crippen molar-refractivity contribution >= 4 is 18.3 Å². The van der Waals surface area contributed by atoms with Crippen LogP contribution in [0.25, 0.3) is 0 Å². The number of rotatable bonds is 6. The third-order valence-electron chi connectivity index (χ3n) is 3.76. The second-order valence-electron chi connectivity index (χ2n) is 5.49. The van der Waals surface area contributed by atoms with Crippen LogP contribution in [0.15, 0.2) is 24.3 Å². The van der Waals surface area contributed by atoms with Gasteiger partial charge < -0.3 is 10.6 Å². The molecule has 1 saturated heterocycles. The van der Waals surface area contributed by atoms with Crippen molar-refractivity contribution in [2.75, 3.05) is 19.6 Å². The molecule has 4 heteroatoms. The predicted molar refractivity (Wildman–Crippen MR) is 85.4 cm³/mol. The molecular weight excluding hydrogens is 272 g/mol. The van der Waals surface area contributed by atoms with Crippen LogP contribution in [0.4, 0.5) is 0 Å². The molecule has 112 valence electrons. The highest BCUT2D eigenvalue weighted by Crippen LogP contribution is 2.13. The lowest BCUT2D eigenvalue weighted by atomic mass is 10.0. The molecule has 0 aliphatic carbocycles. The number of hydrogen-bond donors (Lipinski definition) is 2. The summed E-state index contributed by atoms with van der Waals surface area (Å²) in [6.45, 7) is 5.03. The molecule has 0 spiro atoms. The highest BCUT2D eigenvalue weighted by atomic mass is 35.5. The Labute approximate surface area is 127 Å². The molecule has 1 amide bonds. The summed E-state index contributed by atoms with van der Waals surface area (Å²) in [6, 6.07) is 8.46. The molecule has 0 radical (unpaired) electrons. The number of halogens is 1. The van der Waals surface area contributed by atoms with Crippen LogP contribution in [0, 0.1) is 12.8 Å². The molecule has 1 aliphatic heterocycles. The number of nitrogens with one attached hydrogen (secondary N) is 2. The van der Waals surface area contributed by atoms with E-state index in [9.17, 15) is 4.79 Å². The van der Waals surface area contributed by atoms with E-state index in [1.165, 1.54) is 17.5 Å². The van der Waals surface area contributed by atoms with Crippen molar-refractivity contribution in [3.8, 4) is 0 Å². The first-order valence-corrected chi connectivity index (χ1v) is 7.27. The van der Waals surface area contributed by atoms with Crippen molar-refractivity contribution in [2.24, 2.45) is 5.92 Å². The second-order valence-corrected chi connectivity index (χ2v) is 5.49. The summed E-state index contributed by atoms with van der Waals surface area (Å²) in [4.78, 5) is 11.7. The third-order valence-corrected chi connectivity index (χ3v) is 3.76. The van der Waals surface area contributed by atoms with Crippen LogP contribution in [-0.2, 0) is 11.2 Å². The highest BCUT2D eigenvalue weighted by Gasteiger charge is 2.15. The Morgan fingerprint density at radius 1 is 1.45 bits per heavy atom. The fraction of sp³-hybridized carbons (Fsp3) is 0.562. The number of aryl methyl sites for hydroxylation is 1. The second kappa shape index (κ2) is 8.98. The van der Waals surface area contributed by atoms with E-state index in [4.69, 9.17) is 0 Å². The molecule has 1 aromatic carbocycles. The monoisotopic (exact) mass is 296 g/mol. The predicted octanol–water partition coefficient (Wildman–Crippen LogP) is 2.47. The van der Waals surface area contributed by atoms with E-state index < -0.39 is 0 Å². The van der Waals surface area contributed by atoms with E-state index in [0.717, 1.165) is 32.5 Å². The summed E-state index contributed by atoms with van der Waals surface area (Å²) in [5, 5.41) is 6.35. The third kappa shape index (κ3) is 5.93. The van der Waals surface area contributed by atoms with Gasteiger partial charge in [0.1, 0.15) is 0 Å². The van der Waals surface area contributed by atoms with Gasteiger partial charge in [-0.1, -0.05) is 29.8 Å². The Hall–Kier alpha value is -1.06. The fourth-order valence-electron chi connectivity index (χ4n) is 2.60. The SMILES string of the molecule is Cc1cccc(CCNC(=O)CCC2CCNC2)c1.Cl. The molecular formula is C16H25ClN2O. The molecule has 1 unspecified atom stereocenters. The van der Waals surface area contributed by atoms with Crippen molar-refractivity contribution in [2.45, 2.75) is 32.6 Å². The van der Waals surface area contributed by atoms with Crippen molar-refractivity contribution in [1.82, 2.24) is 10.6 Å². The van der Waals surface area contributed by atoms with Crippen molar-refractivity contribution in [3.05, 3.63) is 35.4 Å². The maximum atomic E-state index is 11.7. The lowest BCUT2D eigenvalue weighted by Crippen LogP contribution is -2.26. The smallest absolute Gasteiger partial charge is 0.220 e. The minimum atomic E-state index is 0. The Balaban J connectivity index is 0.00000200. The minimum Gasteiger partial charge on any atom is -0.356 e. The lowest BCUT2D eigenvalue weighted by molar-refractivity contribution is -0.121. The first kappa shape index (κ1) is 17.0. The van der Waals surface area contributed by atoms with E-state index >= 15 is 0 Å². The fourth-order valence-corrected chi connectivity index (χ4v) is 2.60. The summed E-state index contributed by atoms with van der Waals surface area (Å²) in [5.41, 5.74) is 2.57. The van der Waals surface area contributed by atoms with Gasteiger partial charge in [-0.15, -0.1) is 12.4 Å². The van der Waals surface area contributed by atoms with Crippen LogP contribution >= 0.6 is 12.4 Å². The maximum Gasteiger partial charge on any atom is 0.220 e. The van der Waals surface area contributed by atoms with Gasteiger partial charge in [0, 0.05) is 13.0 Å². The van der Waals surface area contributed by atoms with Crippen LogP contribution in [-0.4, -0.2) is 25.5 Å². The van der Waals surface area contributed by atoms with Crippen LogP contribution in [0.3, 0.4) is 0 Å². The molecule has 1 fully saturated rings. The number of amides is 1. The topological polar surface area (TPSA) is 41.1 Å². The van der Waals surface area contributed by atoms with Gasteiger partial charge in [-0.2, -0.15) is 0 Å². The number of hydrogen-bond acceptors (Lipinski definition) is 2. The summed E-state index contributed by atoms with van der Waals surface area (Å²) in [6.07, 6.45) is 3.82. The van der Waals surface area contributed by atoms with E-state index in [0.29, 0.717) is 12.3 Å². The zero-order chi connectivity index (χ0) is 13.5. The number of benzene rings is 1. The highest BCUT2D eigenvalue weighted by molar-refractivity contribution is 5.85. The Morgan fingerprint density at radius 3 is 3.00 bits per heavy atom. The van der Waals surface area contributed by atoms with E-state index in [2.05, 4.69) is 41.8 Å². The maximum absolute atomic E-state index is 11.7. The summed E-state index contributed by atoms with van der Waals surface area (Å²) in [5.74, 6) is 0.891. The number of carbonyl (C=O) groups is 1. The van der Waals surface area contributed by atoms with E-state index in [-0.39, 0.29) is 18.3 Å². The molecule has 1 aromatic rings. The molecule has 20 heavy (non-hydrogen) atoms. The van der Waals surface area contributed by atoms with Gasteiger partial charge in [-0.3, -0.25) is 4.79 Å². The van der Waals surface area contributed by atoms with Gasteiger partial charge in [-0.05, 0) is 50.8 Å². The quantitative estimate of drug-likeness (QED) is 0.847. The first-order valence-electron chi connectivity index (χ1n) is 7.27. The van der Waals surface area contributed by atoms with Gasteiger partial charge in [0.15, 0.2) is 0 Å². The van der Waals surface area contributed by atoms with Crippen molar-refractivity contribution in [1.29, 1.82) is 0 Å². The Morgan fingerprint density at radius 2 is 2.30 bits per heavy atom. The molecule has 2 rings (SSSR count). The normalized spacial score (nSPS) is 17.6. The molecule has 2 N–H and O–H groups in total. The Kier molecular flexibility index (Phi) is 7.63. The van der Waals surface area contributed by atoms with Gasteiger partial charge in [0.2, 0.25) is 5.91 Å². The van der Waals surface area contributed by atoms with Gasteiger partial charge >= 0.3 is 0 Å². The van der Waals surface area contributed by atoms with Crippen molar-refractivity contribution < 1.29 is 4.79 Å². The van der Waals surface area contributed by atoms with Gasteiger partial charge in [0.05, 0.1) is 0 Å². The van der Waals surface area contributed by atoms with E-state index in [1.807, 2.05) is 0 Å². The summed E-state index contributed by atoms with van der Waals surface area (Å²) >= 11 is 0. The molecule has 1 aliphatic rings. The first-order chi connectivity index (χ1) is 9.24. The summed E-state index contributed by atoms with van der Waals surface area (Å²) < 4.78 is 0. The van der Waals surface area contributed by atoms with E-state index in [1.54, 1.807) is 0 Å². The largest absolute Gasteiger partial charge is 0.356 e. The zero-order valence-corrected chi connectivity index (χ0v) is 13.0. The molecule has 0 saturated carbocycles. The molecule has 3 nitrogen and oxygen atoms in total. The number of carbonyl (C=O) groups excluding carboxylic acids is 1. The van der Waals surface area contributed by atoms with Crippen molar-refractivity contribution in [3.63, 3.8) is 0 Å². The molecule has 0 aromatic heterocycles. The lowest BCUT2D eigenvalue weighted by Gasteiger charge is -2.09.